The second-order valence-corrected chi connectivity index (χ2v) is 5.60. The maximum Gasteiger partial charge on any atom is 0.227 e. The zero-order valence-electron chi connectivity index (χ0n) is 12.0. The number of nitrogens with two attached hydrogens (primary N) is 1. The highest BCUT2D eigenvalue weighted by molar-refractivity contribution is 5.83. The van der Waals surface area contributed by atoms with Gasteiger partial charge in [0.1, 0.15) is 0 Å². The third-order valence-corrected chi connectivity index (χ3v) is 4.37. The van der Waals surface area contributed by atoms with Crippen LogP contribution in [0, 0.1) is 5.41 Å². The molecule has 0 spiro atoms. The van der Waals surface area contributed by atoms with Gasteiger partial charge in [0, 0.05) is 25.5 Å². The summed E-state index contributed by atoms with van der Waals surface area (Å²) in [5.74, 6) is 0.0755. The zero-order valence-corrected chi connectivity index (χ0v) is 12.0. The molecule has 2 aromatic rings. The van der Waals surface area contributed by atoms with Gasteiger partial charge in [-0.25, -0.2) is 4.68 Å². The molecule has 0 radical (unpaired) electrons. The van der Waals surface area contributed by atoms with Gasteiger partial charge >= 0.3 is 0 Å². The van der Waals surface area contributed by atoms with Crippen LogP contribution in [0.2, 0.25) is 0 Å². The molecule has 1 saturated carbocycles. The number of nitrogens with zero attached hydrogens (tertiary/aromatic N) is 2. The van der Waals surface area contributed by atoms with Crippen molar-refractivity contribution in [3.05, 3.63) is 48.3 Å². The van der Waals surface area contributed by atoms with Gasteiger partial charge in [-0.05, 0) is 30.5 Å². The van der Waals surface area contributed by atoms with Crippen molar-refractivity contribution >= 4 is 5.91 Å². The summed E-state index contributed by atoms with van der Waals surface area (Å²) in [6, 6.07) is 9.82. The molecule has 0 unspecified atom stereocenters. The molecule has 110 valence electrons. The van der Waals surface area contributed by atoms with Crippen LogP contribution in [-0.2, 0) is 11.3 Å². The topological polar surface area (TPSA) is 72.9 Å². The maximum absolute atomic E-state index is 12.3. The zero-order chi connectivity index (χ0) is 14.7. The quantitative estimate of drug-likeness (QED) is 0.876. The molecule has 1 aromatic carbocycles. The van der Waals surface area contributed by atoms with Crippen LogP contribution in [0.4, 0.5) is 0 Å². The minimum absolute atomic E-state index is 0.0755. The highest BCUT2D eigenvalue weighted by atomic mass is 16.2. The Hall–Kier alpha value is -2.14. The number of rotatable bonds is 5. The average molecular weight is 284 g/mol. The van der Waals surface area contributed by atoms with Gasteiger partial charge in [-0.1, -0.05) is 24.6 Å². The van der Waals surface area contributed by atoms with Crippen LogP contribution in [0.3, 0.4) is 0 Å². The lowest BCUT2D eigenvalue weighted by molar-refractivity contribution is -0.135. The fraction of sp³-hybridized carbons (Fsp3) is 0.375. The van der Waals surface area contributed by atoms with E-state index >= 15 is 0 Å². The molecule has 3 N–H and O–H groups in total. The van der Waals surface area contributed by atoms with E-state index in [4.69, 9.17) is 5.73 Å². The van der Waals surface area contributed by atoms with E-state index in [0.29, 0.717) is 13.1 Å². The smallest absolute Gasteiger partial charge is 0.227 e. The van der Waals surface area contributed by atoms with Crippen molar-refractivity contribution in [3.8, 4) is 5.69 Å². The molecule has 0 atom stereocenters. The van der Waals surface area contributed by atoms with E-state index in [2.05, 4.69) is 10.4 Å². The number of amides is 1. The molecule has 1 heterocycles. The van der Waals surface area contributed by atoms with Gasteiger partial charge in [0.05, 0.1) is 11.1 Å². The van der Waals surface area contributed by atoms with Gasteiger partial charge in [0.15, 0.2) is 0 Å². The Morgan fingerprint density at radius 3 is 2.76 bits per heavy atom. The summed E-state index contributed by atoms with van der Waals surface area (Å²) in [6.45, 7) is 0.927. The predicted molar refractivity (Wildman–Crippen MR) is 80.7 cm³/mol. The monoisotopic (exact) mass is 284 g/mol. The van der Waals surface area contributed by atoms with Crippen LogP contribution < -0.4 is 11.1 Å². The number of carbonyl (C=O) groups excluding carboxylic acids is 1. The predicted octanol–water partition coefficient (Wildman–Crippen LogP) is 1.62. The summed E-state index contributed by atoms with van der Waals surface area (Å²) in [4.78, 5) is 12.3. The van der Waals surface area contributed by atoms with E-state index in [1.54, 1.807) is 6.20 Å². The normalized spacial score (nSPS) is 16.2. The first-order valence-electron chi connectivity index (χ1n) is 7.31. The van der Waals surface area contributed by atoms with E-state index in [-0.39, 0.29) is 11.3 Å². The molecule has 1 aliphatic carbocycles. The van der Waals surface area contributed by atoms with E-state index in [1.165, 1.54) is 0 Å². The van der Waals surface area contributed by atoms with Gasteiger partial charge in [0.2, 0.25) is 5.91 Å². The third-order valence-electron chi connectivity index (χ3n) is 4.37. The first kappa shape index (κ1) is 13.8. The molecule has 5 nitrogen and oxygen atoms in total. The van der Waals surface area contributed by atoms with Crippen LogP contribution in [-0.4, -0.2) is 22.2 Å². The molecular formula is C16H20N4O. The summed E-state index contributed by atoms with van der Waals surface area (Å²) >= 11 is 0. The molecule has 0 aliphatic heterocycles. The number of hydrogen-bond acceptors (Lipinski definition) is 3. The minimum atomic E-state index is -0.333. The second-order valence-electron chi connectivity index (χ2n) is 5.60. The molecule has 0 bridgehead atoms. The van der Waals surface area contributed by atoms with Crippen molar-refractivity contribution in [2.45, 2.75) is 25.8 Å². The number of aromatic nitrogens is 2. The summed E-state index contributed by atoms with van der Waals surface area (Å²) in [7, 11) is 0. The van der Waals surface area contributed by atoms with E-state index in [0.717, 1.165) is 30.5 Å². The summed E-state index contributed by atoms with van der Waals surface area (Å²) in [6.07, 6.45) is 6.53. The Bertz CT molecular complexity index is 611. The number of hydrogen-bond donors (Lipinski definition) is 2. The van der Waals surface area contributed by atoms with Crippen LogP contribution in [0.15, 0.2) is 42.7 Å². The fourth-order valence-corrected chi connectivity index (χ4v) is 2.79. The molecule has 1 amide bonds. The lowest BCUT2D eigenvalue weighted by atomic mass is 9.68. The van der Waals surface area contributed by atoms with Gasteiger partial charge in [-0.15, -0.1) is 0 Å². The van der Waals surface area contributed by atoms with Gasteiger partial charge in [-0.2, -0.15) is 5.10 Å². The number of nitrogens with one attached hydrogen (secondary N) is 1. The highest BCUT2D eigenvalue weighted by Crippen LogP contribution is 2.40. The Balaban J connectivity index is 1.73. The van der Waals surface area contributed by atoms with Crippen molar-refractivity contribution in [2.75, 3.05) is 6.54 Å². The Morgan fingerprint density at radius 1 is 1.33 bits per heavy atom. The molecule has 5 heteroatoms. The summed E-state index contributed by atoms with van der Waals surface area (Å²) in [5, 5.41) is 7.29. The van der Waals surface area contributed by atoms with Crippen molar-refractivity contribution < 1.29 is 4.79 Å². The first-order valence-corrected chi connectivity index (χ1v) is 7.31. The molecular weight excluding hydrogens is 264 g/mol. The van der Waals surface area contributed by atoms with Gasteiger partial charge in [-0.3, -0.25) is 4.79 Å². The van der Waals surface area contributed by atoms with Crippen molar-refractivity contribution in [1.29, 1.82) is 0 Å². The van der Waals surface area contributed by atoms with Gasteiger partial charge < -0.3 is 11.1 Å². The Morgan fingerprint density at radius 2 is 2.14 bits per heavy atom. The van der Waals surface area contributed by atoms with Gasteiger partial charge in [0.25, 0.3) is 0 Å². The Labute approximate surface area is 124 Å². The lowest BCUT2D eigenvalue weighted by Gasteiger charge is -2.39. The SMILES string of the molecule is NCC1(C(=O)NCc2ccccc2-n2cccn2)CCC1. The lowest BCUT2D eigenvalue weighted by Crippen LogP contribution is -2.50. The minimum Gasteiger partial charge on any atom is -0.351 e. The molecule has 0 saturated heterocycles. The van der Waals surface area contributed by atoms with Crippen LogP contribution >= 0.6 is 0 Å². The largest absolute Gasteiger partial charge is 0.351 e. The van der Waals surface area contributed by atoms with Crippen molar-refractivity contribution in [2.24, 2.45) is 11.1 Å². The van der Waals surface area contributed by atoms with Crippen molar-refractivity contribution in [3.63, 3.8) is 0 Å². The number of benzene rings is 1. The van der Waals surface area contributed by atoms with Crippen molar-refractivity contribution in [1.82, 2.24) is 15.1 Å². The average Bonchev–Trinajstić information content (AvgIpc) is 2.99. The Kier molecular flexibility index (Phi) is 3.75. The number of para-hydroxylation sites is 1. The maximum atomic E-state index is 12.3. The number of carbonyl (C=O) groups is 1. The van der Waals surface area contributed by atoms with Crippen LogP contribution in [0.1, 0.15) is 24.8 Å². The third kappa shape index (κ3) is 2.56. The van der Waals surface area contributed by atoms with Crippen LogP contribution in [0.5, 0.6) is 0 Å². The summed E-state index contributed by atoms with van der Waals surface area (Å²) in [5.41, 5.74) is 7.47. The fourth-order valence-electron chi connectivity index (χ4n) is 2.79. The molecule has 21 heavy (non-hydrogen) atoms. The van der Waals surface area contributed by atoms with E-state index in [1.807, 2.05) is 41.2 Å². The molecule has 1 aliphatic rings. The first-order chi connectivity index (χ1) is 10.2. The summed E-state index contributed by atoms with van der Waals surface area (Å²) < 4.78 is 1.81. The molecule has 1 fully saturated rings. The molecule has 1 aromatic heterocycles. The highest BCUT2D eigenvalue weighted by Gasteiger charge is 2.42. The van der Waals surface area contributed by atoms with E-state index < -0.39 is 0 Å². The molecule has 3 rings (SSSR count). The standard InChI is InChI=1S/C16H20N4O/c17-12-16(7-3-8-16)15(21)18-11-13-5-1-2-6-14(13)20-10-4-9-19-20/h1-2,4-6,9-10H,3,7-8,11-12,17H2,(H,18,21). The van der Waals surface area contributed by atoms with Crippen LogP contribution in [0.25, 0.3) is 5.69 Å². The van der Waals surface area contributed by atoms with E-state index in [9.17, 15) is 4.79 Å². The second kappa shape index (κ2) is 5.69.